The number of hydrogen-bond donors (Lipinski definition) is 2. The molecule has 1 heterocycles. The first-order valence-electron chi connectivity index (χ1n) is 5.55. The van der Waals surface area contributed by atoms with Crippen LogP contribution in [0.5, 0.6) is 0 Å². The largest absolute Gasteiger partial charge is 0.330 e. The molecule has 4 nitrogen and oxygen atoms in total. The van der Waals surface area contributed by atoms with E-state index in [-0.39, 0.29) is 6.04 Å². The minimum atomic E-state index is 0.176. The molecule has 0 saturated carbocycles. The van der Waals surface area contributed by atoms with Crippen LogP contribution in [-0.4, -0.2) is 22.1 Å². The molecule has 0 bridgehead atoms. The number of para-hydroxylation sites is 2. The summed E-state index contributed by atoms with van der Waals surface area (Å²) in [6.45, 7) is 3.55. The zero-order chi connectivity index (χ0) is 11.5. The molecule has 4 heteroatoms. The topological polar surface area (TPSA) is 55.9 Å². The molecule has 3 N–H and O–H groups in total. The summed E-state index contributed by atoms with van der Waals surface area (Å²) in [6, 6.07) is 8.33. The summed E-state index contributed by atoms with van der Waals surface area (Å²) in [5.41, 5.74) is 7.89. The van der Waals surface area contributed by atoms with Crippen molar-refractivity contribution in [2.75, 3.05) is 6.54 Å². The van der Waals surface area contributed by atoms with Crippen molar-refractivity contribution in [3.05, 3.63) is 30.1 Å². The van der Waals surface area contributed by atoms with Gasteiger partial charge in [-0.2, -0.15) is 0 Å². The molecule has 16 heavy (non-hydrogen) atoms. The van der Waals surface area contributed by atoms with Crippen LogP contribution < -0.4 is 11.1 Å². The molecule has 0 aliphatic rings. The number of nitrogens with one attached hydrogen (secondary N) is 1. The molecule has 0 saturated heterocycles. The number of aromatic nitrogens is 2. The summed E-state index contributed by atoms with van der Waals surface area (Å²) in [4.78, 5) is 4.57. The van der Waals surface area contributed by atoms with E-state index in [0.29, 0.717) is 0 Å². The lowest BCUT2D eigenvalue weighted by molar-refractivity contribution is 0.585. The highest BCUT2D eigenvalue weighted by Crippen LogP contribution is 2.13. The Labute approximate surface area is 95.5 Å². The van der Waals surface area contributed by atoms with Gasteiger partial charge in [-0.25, -0.2) is 4.98 Å². The number of nitrogens with zero attached hydrogens (tertiary/aromatic N) is 2. The average Bonchev–Trinajstić information content (AvgIpc) is 2.56. The highest BCUT2D eigenvalue weighted by Gasteiger charge is 2.06. The van der Waals surface area contributed by atoms with Crippen molar-refractivity contribution in [1.29, 1.82) is 0 Å². The molecule has 1 atom stereocenters. The zero-order valence-electron chi connectivity index (χ0n) is 9.77. The first-order valence-corrected chi connectivity index (χ1v) is 5.55. The highest BCUT2D eigenvalue weighted by molar-refractivity contribution is 5.75. The first-order chi connectivity index (χ1) is 7.68. The molecular weight excluding hydrogens is 200 g/mol. The van der Waals surface area contributed by atoms with Gasteiger partial charge in [0.1, 0.15) is 5.82 Å². The Morgan fingerprint density at radius 2 is 2.19 bits per heavy atom. The van der Waals surface area contributed by atoms with Crippen LogP contribution in [0.1, 0.15) is 12.7 Å². The predicted molar refractivity (Wildman–Crippen MR) is 66.1 cm³/mol. The Morgan fingerprint density at radius 3 is 2.88 bits per heavy atom. The Morgan fingerprint density at radius 1 is 1.44 bits per heavy atom. The lowest BCUT2D eigenvalue weighted by atomic mass is 10.3. The van der Waals surface area contributed by atoms with Crippen molar-refractivity contribution in [2.45, 2.75) is 19.5 Å². The lowest BCUT2D eigenvalue weighted by Gasteiger charge is -2.07. The van der Waals surface area contributed by atoms with Crippen LogP contribution in [0.25, 0.3) is 11.0 Å². The molecule has 0 aliphatic heterocycles. The zero-order valence-corrected chi connectivity index (χ0v) is 9.77. The fourth-order valence-corrected chi connectivity index (χ4v) is 1.77. The first kappa shape index (κ1) is 11.1. The van der Waals surface area contributed by atoms with Gasteiger partial charge in [-0.1, -0.05) is 12.1 Å². The molecule has 0 spiro atoms. The molecule has 2 rings (SSSR count). The molecule has 1 unspecified atom stereocenters. The maximum Gasteiger partial charge on any atom is 0.123 e. The number of nitrogens with two attached hydrogens (primary N) is 1. The van der Waals surface area contributed by atoms with Gasteiger partial charge in [0.25, 0.3) is 0 Å². The summed E-state index contributed by atoms with van der Waals surface area (Å²) in [6.07, 6.45) is 0. The summed E-state index contributed by atoms with van der Waals surface area (Å²) in [5, 5.41) is 3.29. The van der Waals surface area contributed by atoms with Crippen LogP contribution >= 0.6 is 0 Å². The summed E-state index contributed by atoms with van der Waals surface area (Å²) in [5.74, 6) is 1.04. The van der Waals surface area contributed by atoms with E-state index in [1.54, 1.807) is 0 Å². The molecule has 0 fully saturated rings. The smallest absolute Gasteiger partial charge is 0.123 e. The van der Waals surface area contributed by atoms with Crippen molar-refractivity contribution in [2.24, 2.45) is 12.8 Å². The molecule has 2 aromatic rings. The third-order valence-electron chi connectivity index (χ3n) is 2.63. The van der Waals surface area contributed by atoms with Crippen molar-refractivity contribution in [3.8, 4) is 0 Å². The number of imidazole rings is 1. The molecule has 1 aromatic heterocycles. The van der Waals surface area contributed by atoms with E-state index in [4.69, 9.17) is 5.73 Å². The van der Waals surface area contributed by atoms with E-state index in [9.17, 15) is 0 Å². The second-order valence-electron chi connectivity index (χ2n) is 4.18. The molecular formula is C12H18N4. The normalized spacial score (nSPS) is 13.2. The van der Waals surface area contributed by atoms with Gasteiger partial charge in [-0.15, -0.1) is 0 Å². The van der Waals surface area contributed by atoms with Crippen molar-refractivity contribution < 1.29 is 0 Å². The molecule has 0 amide bonds. The van der Waals surface area contributed by atoms with Crippen LogP contribution in [0.3, 0.4) is 0 Å². The lowest BCUT2D eigenvalue weighted by Crippen LogP contribution is -2.31. The standard InChI is InChI=1S/C12H18N4/c1-9(13)7-14-8-12-15-10-5-3-4-6-11(10)16(12)2/h3-6,9,14H,7-8,13H2,1-2H3. The predicted octanol–water partition coefficient (Wildman–Crippen LogP) is 1.01. The fraction of sp³-hybridized carbons (Fsp3) is 0.417. The molecule has 0 aliphatic carbocycles. The second-order valence-corrected chi connectivity index (χ2v) is 4.18. The Kier molecular flexibility index (Phi) is 3.22. The minimum absolute atomic E-state index is 0.176. The van der Waals surface area contributed by atoms with E-state index in [2.05, 4.69) is 20.9 Å². The van der Waals surface area contributed by atoms with Crippen molar-refractivity contribution in [1.82, 2.24) is 14.9 Å². The molecule has 0 radical (unpaired) electrons. The van der Waals surface area contributed by atoms with Crippen molar-refractivity contribution in [3.63, 3.8) is 0 Å². The van der Waals surface area contributed by atoms with E-state index in [1.165, 1.54) is 5.52 Å². The van der Waals surface area contributed by atoms with Crippen LogP contribution in [0, 0.1) is 0 Å². The van der Waals surface area contributed by atoms with Crippen LogP contribution in [-0.2, 0) is 13.6 Å². The monoisotopic (exact) mass is 218 g/mol. The fourth-order valence-electron chi connectivity index (χ4n) is 1.77. The number of fused-ring (bicyclic) bond motifs is 1. The SMILES string of the molecule is CC(N)CNCc1nc2ccccc2n1C. The Balaban J connectivity index is 2.15. The van der Waals surface area contributed by atoms with Gasteiger partial charge in [0.15, 0.2) is 0 Å². The van der Waals surface area contributed by atoms with E-state index in [0.717, 1.165) is 24.4 Å². The average molecular weight is 218 g/mol. The third kappa shape index (κ3) is 2.23. The van der Waals surface area contributed by atoms with Gasteiger partial charge >= 0.3 is 0 Å². The Hall–Kier alpha value is -1.39. The number of rotatable bonds is 4. The maximum absolute atomic E-state index is 5.68. The van der Waals surface area contributed by atoms with Gasteiger partial charge < -0.3 is 15.6 Å². The molecule has 1 aromatic carbocycles. The van der Waals surface area contributed by atoms with Gasteiger partial charge in [0.05, 0.1) is 17.6 Å². The maximum atomic E-state index is 5.68. The summed E-state index contributed by atoms with van der Waals surface area (Å²) in [7, 11) is 2.04. The minimum Gasteiger partial charge on any atom is -0.330 e. The highest BCUT2D eigenvalue weighted by atomic mass is 15.1. The quantitative estimate of drug-likeness (QED) is 0.805. The Bertz CT molecular complexity index is 473. The van der Waals surface area contributed by atoms with Crippen molar-refractivity contribution >= 4 is 11.0 Å². The van der Waals surface area contributed by atoms with Gasteiger partial charge in [0.2, 0.25) is 0 Å². The second kappa shape index (κ2) is 4.63. The summed E-state index contributed by atoms with van der Waals surface area (Å²) >= 11 is 0. The number of aryl methyl sites for hydroxylation is 1. The van der Waals surface area contributed by atoms with E-state index < -0.39 is 0 Å². The number of benzene rings is 1. The van der Waals surface area contributed by atoms with Gasteiger partial charge in [-0.3, -0.25) is 0 Å². The van der Waals surface area contributed by atoms with Crippen LogP contribution in [0.4, 0.5) is 0 Å². The van der Waals surface area contributed by atoms with E-state index >= 15 is 0 Å². The number of hydrogen-bond acceptors (Lipinski definition) is 3. The molecule has 86 valence electrons. The van der Waals surface area contributed by atoms with Crippen LogP contribution in [0.15, 0.2) is 24.3 Å². The van der Waals surface area contributed by atoms with Crippen LogP contribution in [0.2, 0.25) is 0 Å². The third-order valence-corrected chi connectivity index (χ3v) is 2.63. The van der Waals surface area contributed by atoms with Gasteiger partial charge in [0, 0.05) is 19.6 Å². The summed E-state index contributed by atoms with van der Waals surface area (Å²) < 4.78 is 2.11. The van der Waals surface area contributed by atoms with E-state index in [1.807, 2.05) is 32.2 Å². The van der Waals surface area contributed by atoms with Gasteiger partial charge in [-0.05, 0) is 19.1 Å².